The van der Waals surface area contributed by atoms with Crippen LogP contribution in [0.2, 0.25) is 0 Å². The van der Waals surface area contributed by atoms with Gasteiger partial charge in [-0.25, -0.2) is 4.39 Å². The standard InChI is InChI=1S/C21H32FN3O2/c1-25(2)15-5-13-23-20(26)17-8-10-18(11-9-17)21(27)24-14-12-16-6-3-4-7-19(16)22/h3-4,6-7,17-18H,5,8-15H2,1-2H3,(H,23,26)(H,24,27). The van der Waals surface area contributed by atoms with Crippen molar-refractivity contribution >= 4 is 11.8 Å². The van der Waals surface area contributed by atoms with Crippen LogP contribution in [0.15, 0.2) is 24.3 Å². The number of amides is 2. The van der Waals surface area contributed by atoms with Crippen LogP contribution >= 0.6 is 0 Å². The lowest BCUT2D eigenvalue weighted by Crippen LogP contribution is -2.38. The number of benzene rings is 1. The zero-order valence-corrected chi connectivity index (χ0v) is 16.5. The van der Waals surface area contributed by atoms with Crippen LogP contribution in [0.25, 0.3) is 0 Å². The fourth-order valence-corrected chi connectivity index (χ4v) is 3.53. The fourth-order valence-electron chi connectivity index (χ4n) is 3.53. The van der Waals surface area contributed by atoms with Gasteiger partial charge in [-0.2, -0.15) is 0 Å². The molecule has 1 saturated carbocycles. The van der Waals surface area contributed by atoms with Crippen molar-refractivity contribution in [3.63, 3.8) is 0 Å². The van der Waals surface area contributed by atoms with Crippen molar-refractivity contribution in [1.82, 2.24) is 15.5 Å². The highest BCUT2D eigenvalue weighted by atomic mass is 19.1. The van der Waals surface area contributed by atoms with Gasteiger partial charge < -0.3 is 15.5 Å². The van der Waals surface area contributed by atoms with Gasteiger partial charge in [0, 0.05) is 24.9 Å². The molecule has 0 heterocycles. The molecule has 0 aromatic heterocycles. The fraction of sp³-hybridized carbons (Fsp3) is 0.619. The Bertz CT molecular complexity index is 613. The lowest BCUT2D eigenvalue weighted by atomic mass is 9.81. The Kier molecular flexibility index (Phi) is 8.72. The maximum absolute atomic E-state index is 13.6. The van der Waals surface area contributed by atoms with Gasteiger partial charge in [0.15, 0.2) is 0 Å². The Morgan fingerprint density at radius 1 is 1.00 bits per heavy atom. The lowest BCUT2D eigenvalue weighted by molar-refractivity contribution is -0.130. The van der Waals surface area contributed by atoms with Crippen molar-refractivity contribution in [1.29, 1.82) is 0 Å². The van der Waals surface area contributed by atoms with Crippen LogP contribution in [0, 0.1) is 17.7 Å². The topological polar surface area (TPSA) is 61.4 Å². The second kappa shape index (κ2) is 11.0. The molecule has 2 amide bonds. The van der Waals surface area contributed by atoms with E-state index in [0.29, 0.717) is 25.1 Å². The number of carbonyl (C=O) groups excluding carboxylic acids is 2. The summed E-state index contributed by atoms with van der Waals surface area (Å²) in [7, 11) is 4.04. The first-order valence-corrected chi connectivity index (χ1v) is 9.91. The van der Waals surface area contributed by atoms with Gasteiger partial charge in [-0.1, -0.05) is 18.2 Å². The molecular weight excluding hydrogens is 345 g/mol. The van der Waals surface area contributed by atoms with Crippen LogP contribution in [0.4, 0.5) is 4.39 Å². The largest absolute Gasteiger partial charge is 0.356 e. The Morgan fingerprint density at radius 2 is 1.56 bits per heavy atom. The van der Waals surface area contributed by atoms with Gasteiger partial charge in [-0.3, -0.25) is 9.59 Å². The molecule has 27 heavy (non-hydrogen) atoms. The molecular formula is C21H32FN3O2. The van der Waals surface area contributed by atoms with Gasteiger partial charge in [0.1, 0.15) is 5.82 Å². The molecule has 0 bridgehead atoms. The molecule has 0 saturated heterocycles. The minimum Gasteiger partial charge on any atom is -0.356 e. The highest BCUT2D eigenvalue weighted by Gasteiger charge is 2.29. The zero-order valence-electron chi connectivity index (χ0n) is 16.5. The molecule has 0 unspecified atom stereocenters. The Hall–Kier alpha value is -1.95. The van der Waals surface area contributed by atoms with Crippen molar-refractivity contribution in [3.05, 3.63) is 35.6 Å². The summed E-state index contributed by atoms with van der Waals surface area (Å²) in [6.07, 6.45) is 4.42. The molecule has 1 aliphatic carbocycles. The zero-order chi connectivity index (χ0) is 19.6. The highest BCUT2D eigenvalue weighted by molar-refractivity contribution is 5.81. The Balaban J connectivity index is 1.63. The number of rotatable bonds is 9. The maximum atomic E-state index is 13.6. The molecule has 150 valence electrons. The molecule has 0 atom stereocenters. The van der Waals surface area contributed by atoms with Crippen LogP contribution in [0.1, 0.15) is 37.7 Å². The van der Waals surface area contributed by atoms with Crippen molar-refractivity contribution in [3.8, 4) is 0 Å². The molecule has 5 nitrogen and oxygen atoms in total. The van der Waals surface area contributed by atoms with Gasteiger partial charge >= 0.3 is 0 Å². The second-order valence-corrected chi connectivity index (χ2v) is 7.63. The molecule has 1 fully saturated rings. The number of hydrogen-bond acceptors (Lipinski definition) is 3. The summed E-state index contributed by atoms with van der Waals surface area (Å²) in [6.45, 7) is 2.10. The summed E-state index contributed by atoms with van der Waals surface area (Å²) >= 11 is 0. The van der Waals surface area contributed by atoms with Crippen LogP contribution < -0.4 is 10.6 Å². The quantitative estimate of drug-likeness (QED) is 0.650. The van der Waals surface area contributed by atoms with Crippen LogP contribution in [0.3, 0.4) is 0 Å². The molecule has 0 aliphatic heterocycles. The van der Waals surface area contributed by atoms with E-state index in [1.165, 1.54) is 6.07 Å². The number of nitrogens with one attached hydrogen (secondary N) is 2. The predicted molar refractivity (Wildman–Crippen MR) is 105 cm³/mol. The summed E-state index contributed by atoms with van der Waals surface area (Å²) in [5.74, 6) is -0.109. The van der Waals surface area contributed by atoms with Crippen molar-refractivity contribution in [2.45, 2.75) is 38.5 Å². The molecule has 0 spiro atoms. The van der Waals surface area contributed by atoms with Gasteiger partial charge in [0.05, 0.1) is 0 Å². The minimum atomic E-state index is -0.233. The van der Waals surface area contributed by atoms with E-state index in [1.807, 2.05) is 14.1 Å². The first-order chi connectivity index (χ1) is 13.0. The molecule has 1 aromatic rings. The van der Waals surface area contributed by atoms with E-state index in [-0.39, 0.29) is 29.5 Å². The van der Waals surface area contributed by atoms with Crippen molar-refractivity contribution < 1.29 is 14.0 Å². The first kappa shape index (κ1) is 21.4. The van der Waals surface area contributed by atoms with Gasteiger partial charge in [-0.05, 0) is 70.8 Å². The maximum Gasteiger partial charge on any atom is 0.223 e. The van der Waals surface area contributed by atoms with E-state index >= 15 is 0 Å². The smallest absolute Gasteiger partial charge is 0.223 e. The third-order valence-corrected chi connectivity index (χ3v) is 5.20. The Morgan fingerprint density at radius 3 is 2.11 bits per heavy atom. The Labute approximate surface area is 161 Å². The predicted octanol–water partition coefficient (Wildman–Crippen LogP) is 2.36. The van der Waals surface area contributed by atoms with Gasteiger partial charge in [0.25, 0.3) is 0 Å². The third kappa shape index (κ3) is 7.29. The summed E-state index contributed by atoms with van der Waals surface area (Å²) in [5, 5.41) is 5.92. The number of nitrogens with zero attached hydrogens (tertiary/aromatic N) is 1. The SMILES string of the molecule is CN(C)CCCNC(=O)C1CCC(C(=O)NCCc2ccccc2F)CC1. The first-order valence-electron chi connectivity index (χ1n) is 9.91. The summed E-state index contributed by atoms with van der Waals surface area (Å²) in [5.41, 5.74) is 0.618. The normalized spacial score (nSPS) is 19.7. The lowest BCUT2D eigenvalue weighted by Gasteiger charge is -2.27. The molecule has 1 aromatic carbocycles. The number of hydrogen-bond donors (Lipinski definition) is 2. The van der Waals surface area contributed by atoms with Crippen LogP contribution in [-0.2, 0) is 16.0 Å². The number of carbonyl (C=O) groups is 2. The van der Waals surface area contributed by atoms with Crippen LogP contribution in [-0.4, -0.2) is 50.4 Å². The van der Waals surface area contributed by atoms with Crippen molar-refractivity contribution in [2.75, 3.05) is 33.7 Å². The molecule has 2 rings (SSSR count). The van der Waals surface area contributed by atoms with Gasteiger partial charge in [0.2, 0.25) is 11.8 Å². The average Bonchev–Trinajstić information content (AvgIpc) is 2.66. The average molecular weight is 378 g/mol. The van der Waals surface area contributed by atoms with E-state index in [9.17, 15) is 14.0 Å². The molecule has 6 heteroatoms. The van der Waals surface area contributed by atoms with E-state index in [2.05, 4.69) is 15.5 Å². The molecule has 0 radical (unpaired) electrons. The summed E-state index contributed by atoms with van der Waals surface area (Å²) in [6, 6.07) is 6.63. The monoisotopic (exact) mass is 377 g/mol. The summed E-state index contributed by atoms with van der Waals surface area (Å²) in [4.78, 5) is 26.6. The van der Waals surface area contributed by atoms with E-state index in [1.54, 1.807) is 18.2 Å². The van der Waals surface area contributed by atoms with Crippen molar-refractivity contribution in [2.24, 2.45) is 11.8 Å². The van der Waals surface area contributed by atoms with Crippen LogP contribution in [0.5, 0.6) is 0 Å². The highest BCUT2D eigenvalue weighted by Crippen LogP contribution is 2.29. The minimum absolute atomic E-state index is 0.0202. The van der Waals surface area contributed by atoms with E-state index in [4.69, 9.17) is 0 Å². The third-order valence-electron chi connectivity index (χ3n) is 5.20. The second-order valence-electron chi connectivity index (χ2n) is 7.63. The van der Waals surface area contributed by atoms with E-state index in [0.717, 1.165) is 38.6 Å². The number of halogens is 1. The van der Waals surface area contributed by atoms with E-state index < -0.39 is 0 Å². The molecule has 1 aliphatic rings. The molecule has 2 N–H and O–H groups in total. The van der Waals surface area contributed by atoms with Gasteiger partial charge in [-0.15, -0.1) is 0 Å². The summed E-state index contributed by atoms with van der Waals surface area (Å²) < 4.78 is 13.6.